The first kappa shape index (κ1) is 21.2. The minimum atomic E-state index is -0.203. The van der Waals surface area contributed by atoms with Crippen molar-refractivity contribution in [2.45, 2.75) is 18.6 Å². The molecule has 0 fully saturated rings. The Morgan fingerprint density at radius 2 is 2.03 bits per heavy atom. The third kappa shape index (κ3) is 4.68. The number of rotatable bonds is 6. The zero-order valence-electron chi connectivity index (χ0n) is 17.0. The van der Waals surface area contributed by atoms with Gasteiger partial charge in [0, 0.05) is 12.1 Å². The Bertz CT molecular complexity index is 1300. The second-order valence-electron chi connectivity index (χ2n) is 7.15. The molecular weight excluding hydrogens is 434 g/mol. The lowest BCUT2D eigenvalue weighted by molar-refractivity contribution is -0.127. The van der Waals surface area contributed by atoms with Crippen LogP contribution in [0, 0.1) is 6.92 Å². The summed E-state index contributed by atoms with van der Waals surface area (Å²) in [7, 11) is 1.71. The lowest BCUT2D eigenvalue weighted by Crippen LogP contribution is -2.28. The van der Waals surface area contributed by atoms with E-state index >= 15 is 0 Å². The summed E-state index contributed by atoms with van der Waals surface area (Å²) in [6.45, 7) is 2.33. The SMILES string of the molecule is Cc1cccc(-n2c(SCC(=O)N(C)Cc3ccco3)nc3cc(Cl)ccc3c2=O)c1. The van der Waals surface area contributed by atoms with Crippen LogP contribution in [-0.2, 0) is 11.3 Å². The molecule has 0 atom stereocenters. The second-order valence-corrected chi connectivity index (χ2v) is 8.53. The molecule has 1 amide bonds. The van der Waals surface area contributed by atoms with E-state index in [0.717, 1.165) is 5.56 Å². The van der Waals surface area contributed by atoms with Crippen molar-refractivity contribution in [2.24, 2.45) is 0 Å². The Labute approximate surface area is 188 Å². The minimum Gasteiger partial charge on any atom is -0.467 e. The minimum absolute atomic E-state index is 0.0994. The predicted octanol–water partition coefficient (Wildman–Crippen LogP) is 4.69. The molecule has 6 nitrogen and oxygen atoms in total. The first-order valence-corrected chi connectivity index (χ1v) is 11.0. The van der Waals surface area contributed by atoms with E-state index in [4.69, 9.17) is 16.0 Å². The normalized spacial score (nSPS) is 11.1. The molecule has 2 aromatic carbocycles. The van der Waals surface area contributed by atoms with Crippen molar-refractivity contribution in [3.8, 4) is 5.69 Å². The summed E-state index contributed by atoms with van der Waals surface area (Å²) >= 11 is 7.33. The molecule has 0 bridgehead atoms. The smallest absolute Gasteiger partial charge is 0.266 e. The summed E-state index contributed by atoms with van der Waals surface area (Å²) in [5.41, 5.74) is 2.02. The van der Waals surface area contributed by atoms with Gasteiger partial charge in [0.25, 0.3) is 5.56 Å². The third-order valence-corrected chi connectivity index (χ3v) is 5.94. The maximum Gasteiger partial charge on any atom is 0.266 e. The van der Waals surface area contributed by atoms with E-state index < -0.39 is 0 Å². The molecule has 0 N–H and O–H groups in total. The van der Waals surface area contributed by atoms with Crippen molar-refractivity contribution < 1.29 is 9.21 Å². The van der Waals surface area contributed by atoms with Crippen LogP contribution in [0.15, 0.2) is 75.2 Å². The van der Waals surface area contributed by atoms with Crippen LogP contribution in [0.2, 0.25) is 5.02 Å². The maximum atomic E-state index is 13.3. The van der Waals surface area contributed by atoms with Crippen molar-refractivity contribution in [2.75, 3.05) is 12.8 Å². The van der Waals surface area contributed by atoms with Gasteiger partial charge in [0.1, 0.15) is 5.76 Å². The van der Waals surface area contributed by atoms with Crippen LogP contribution < -0.4 is 5.56 Å². The molecule has 0 saturated carbocycles. The number of halogens is 1. The first-order valence-electron chi connectivity index (χ1n) is 9.61. The van der Waals surface area contributed by atoms with Crippen LogP contribution >= 0.6 is 23.4 Å². The zero-order valence-corrected chi connectivity index (χ0v) is 18.6. The van der Waals surface area contributed by atoms with E-state index in [9.17, 15) is 9.59 Å². The van der Waals surface area contributed by atoms with Gasteiger partial charge in [-0.15, -0.1) is 0 Å². The van der Waals surface area contributed by atoms with Crippen molar-refractivity contribution in [1.29, 1.82) is 0 Å². The first-order chi connectivity index (χ1) is 14.9. The number of carbonyl (C=O) groups excluding carboxylic acids is 1. The zero-order chi connectivity index (χ0) is 22.0. The highest BCUT2D eigenvalue weighted by Crippen LogP contribution is 2.24. The summed E-state index contributed by atoms with van der Waals surface area (Å²) in [4.78, 5) is 32.2. The Morgan fingerprint density at radius 3 is 2.77 bits per heavy atom. The molecule has 0 aliphatic rings. The van der Waals surface area contributed by atoms with Crippen LogP contribution in [0.3, 0.4) is 0 Å². The number of carbonyl (C=O) groups is 1. The number of thioether (sulfide) groups is 1. The van der Waals surface area contributed by atoms with Crippen molar-refractivity contribution in [3.05, 3.63) is 87.6 Å². The molecule has 0 aliphatic carbocycles. The third-order valence-electron chi connectivity index (χ3n) is 4.78. The van der Waals surface area contributed by atoms with Crippen LogP contribution in [-0.4, -0.2) is 33.2 Å². The van der Waals surface area contributed by atoms with E-state index in [1.807, 2.05) is 37.3 Å². The predicted molar refractivity (Wildman–Crippen MR) is 123 cm³/mol. The largest absolute Gasteiger partial charge is 0.467 e. The standard InChI is InChI=1S/C23H20ClN3O3S/c1-15-5-3-6-17(11-15)27-22(29)19-9-8-16(24)12-20(19)25-23(27)31-14-21(28)26(2)13-18-7-4-10-30-18/h3-12H,13-14H2,1-2H3. The van der Waals surface area contributed by atoms with Gasteiger partial charge in [-0.1, -0.05) is 35.5 Å². The summed E-state index contributed by atoms with van der Waals surface area (Å²) in [5, 5.41) is 1.40. The molecule has 4 aromatic rings. The number of aryl methyl sites for hydroxylation is 1. The molecule has 2 heterocycles. The number of fused-ring (bicyclic) bond motifs is 1. The molecule has 8 heteroatoms. The topological polar surface area (TPSA) is 68.3 Å². The highest BCUT2D eigenvalue weighted by molar-refractivity contribution is 7.99. The average Bonchev–Trinajstić information content (AvgIpc) is 3.24. The Kier molecular flexibility index (Phi) is 6.15. The lowest BCUT2D eigenvalue weighted by atomic mass is 10.2. The molecule has 0 radical (unpaired) electrons. The van der Waals surface area contributed by atoms with Gasteiger partial charge in [-0.25, -0.2) is 4.98 Å². The van der Waals surface area contributed by atoms with Gasteiger partial charge in [0.2, 0.25) is 5.91 Å². The van der Waals surface area contributed by atoms with Crippen molar-refractivity contribution in [1.82, 2.24) is 14.5 Å². The fraction of sp³-hybridized carbons (Fsp3) is 0.174. The van der Waals surface area contributed by atoms with Crippen LogP contribution in [0.1, 0.15) is 11.3 Å². The Morgan fingerprint density at radius 1 is 1.19 bits per heavy atom. The molecule has 2 aromatic heterocycles. The molecule has 0 saturated heterocycles. The van der Waals surface area contributed by atoms with Crippen LogP contribution in [0.4, 0.5) is 0 Å². The van der Waals surface area contributed by atoms with Crippen LogP contribution in [0.5, 0.6) is 0 Å². The number of amides is 1. The summed E-state index contributed by atoms with van der Waals surface area (Å²) < 4.78 is 6.86. The quantitative estimate of drug-likeness (QED) is 0.313. The van der Waals surface area contributed by atoms with Gasteiger partial charge in [-0.05, 0) is 55.0 Å². The van der Waals surface area contributed by atoms with Gasteiger partial charge in [0.05, 0.1) is 35.2 Å². The van der Waals surface area contributed by atoms with E-state index in [-0.39, 0.29) is 17.2 Å². The molecule has 31 heavy (non-hydrogen) atoms. The van der Waals surface area contributed by atoms with Gasteiger partial charge < -0.3 is 9.32 Å². The van der Waals surface area contributed by atoms with Gasteiger partial charge >= 0.3 is 0 Å². The van der Waals surface area contributed by atoms with Gasteiger partial charge in [0.15, 0.2) is 5.16 Å². The molecular formula is C23H20ClN3O3S. The fourth-order valence-corrected chi connectivity index (χ4v) is 4.31. The van der Waals surface area contributed by atoms with E-state index in [1.165, 1.54) is 11.8 Å². The molecule has 158 valence electrons. The van der Waals surface area contributed by atoms with E-state index in [0.29, 0.717) is 39.1 Å². The average molecular weight is 454 g/mol. The van der Waals surface area contributed by atoms with Gasteiger partial charge in [-0.3, -0.25) is 14.2 Å². The van der Waals surface area contributed by atoms with Crippen molar-refractivity contribution >= 4 is 40.2 Å². The Balaban J connectivity index is 1.69. The highest BCUT2D eigenvalue weighted by Gasteiger charge is 2.17. The van der Waals surface area contributed by atoms with Crippen molar-refractivity contribution in [3.63, 3.8) is 0 Å². The van der Waals surface area contributed by atoms with E-state index in [1.54, 1.807) is 47.0 Å². The fourth-order valence-electron chi connectivity index (χ4n) is 3.19. The number of nitrogens with zero attached hydrogens (tertiary/aromatic N) is 3. The second kappa shape index (κ2) is 8.99. The summed E-state index contributed by atoms with van der Waals surface area (Å²) in [5.74, 6) is 0.732. The highest BCUT2D eigenvalue weighted by atomic mass is 35.5. The number of hydrogen-bond acceptors (Lipinski definition) is 5. The molecule has 0 spiro atoms. The maximum absolute atomic E-state index is 13.3. The molecule has 4 rings (SSSR count). The number of furan rings is 1. The summed E-state index contributed by atoms with van der Waals surface area (Å²) in [6.07, 6.45) is 1.58. The number of hydrogen-bond donors (Lipinski definition) is 0. The summed E-state index contributed by atoms with van der Waals surface area (Å²) in [6, 6.07) is 16.2. The molecule has 0 unspecified atom stereocenters. The molecule has 0 aliphatic heterocycles. The number of benzene rings is 2. The monoisotopic (exact) mass is 453 g/mol. The van der Waals surface area contributed by atoms with E-state index in [2.05, 4.69) is 4.98 Å². The van der Waals surface area contributed by atoms with Crippen LogP contribution in [0.25, 0.3) is 16.6 Å². The Hall–Kier alpha value is -3.03. The lowest BCUT2D eigenvalue weighted by Gasteiger charge is -2.17. The van der Waals surface area contributed by atoms with Gasteiger partial charge in [-0.2, -0.15) is 0 Å². The number of aromatic nitrogens is 2.